The Labute approximate surface area is 126 Å². The molecule has 2 aromatic carbocycles. The molecule has 0 saturated carbocycles. The van der Waals surface area contributed by atoms with E-state index in [1.807, 2.05) is 24.3 Å². The van der Waals surface area contributed by atoms with E-state index in [9.17, 15) is 4.39 Å². The van der Waals surface area contributed by atoms with Gasteiger partial charge in [0.2, 0.25) is 0 Å². The maximum Gasteiger partial charge on any atom is 0.133 e. The van der Waals surface area contributed by atoms with Crippen LogP contribution in [-0.2, 0) is 12.8 Å². The van der Waals surface area contributed by atoms with Crippen molar-refractivity contribution in [2.45, 2.75) is 18.9 Å². The fourth-order valence-electron chi connectivity index (χ4n) is 2.18. The molecule has 1 atom stereocenters. The molecule has 0 amide bonds. The van der Waals surface area contributed by atoms with Crippen LogP contribution in [0.1, 0.15) is 11.1 Å². The van der Waals surface area contributed by atoms with E-state index in [2.05, 4.69) is 15.9 Å². The highest BCUT2D eigenvalue weighted by Crippen LogP contribution is 2.26. The Bertz CT molecular complexity index is 588. The van der Waals surface area contributed by atoms with Crippen molar-refractivity contribution in [1.29, 1.82) is 0 Å². The zero-order chi connectivity index (χ0) is 14.5. The van der Waals surface area contributed by atoms with Gasteiger partial charge in [-0.3, -0.25) is 0 Å². The molecule has 0 aliphatic heterocycles. The molecule has 0 radical (unpaired) electrons. The number of hydrogen-bond donors (Lipinski definition) is 1. The van der Waals surface area contributed by atoms with Crippen molar-refractivity contribution in [1.82, 2.24) is 0 Å². The van der Waals surface area contributed by atoms with E-state index >= 15 is 0 Å². The second kappa shape index (κ2) is 6.86. The van der Waals surface area contributed by atoms with E-state index in [0.29, 0.717) is 6.42 Å². The van der Waals surface area contributed by atoms with Gasteiger partial charge in [-0.25, -0.2) is 4.39 Å². The Balaban J connectivity index is 2.01. The van der Waals surface area contributed by atoms with Gasteiger partial charge < -0.3 is 10.5 Å². The molecule has 106 valence electrons. The molecule has 0 aliphatic carbocycles. The molecule has 0 spiro atoms. The first kappa shape index (κ1) is 15.0. The normalized spacial score (nSPS) is 12.2. The van der Waals surface area contributed by atoms with Gasteiger partial charge >= 0.3 is 0 Å². The van der Waals surface area contributed by atoms with Gasteiger partial charge in [-0.2, -0.15) is 0 Å². The van der Waals surface area contributed by atoms with Crippen LogP contribution < -0.4 is 10.5 Å². The number of methoxy groups -OCH3 is 1. The highest BCUT2D eigenvalue weighted by Gasteiger charge is 2.08. The lowest BCUT2D eigenvalue weighted by Crippen LogP contribution is -2.25. The third kappa shape index (κ3) is 4.05. The van der Waals surface area contributed by atoms with Crippen LogP contribution in [0.5, 0.6) is 5.75 Å². The van der Waals surface area contributed by atoms with Gasteiger partial charge in [-0.05, 0) is 64.2 Å². The molecule has 20 heavy (non-hydrogen) atoms. The van der Waals surface area contributed by atoms with E-state index in [1.165, 1.54) is 12.1 Å². The van der Waals surface area contributed by atoms with E-state index in [-0.39, 0.29) is 11.9 Å². The Kier molecular flexibility index (Phi) is 5.15. The van der Waals surface area contributed by atoms with Gasteiger partial charge in [0.25, 0.3) is 0 Å². The van der Waals surface area contributed by atoms with Gasteiger partial charge in [0, 0.05) is 6.04 Å². The summed E-state index contributed by atoms with van der Waals surface area (Å²) in [5.41, 5.74) is 8.19. The molecule has 4 heteroatoms. The van der Waals surface area contributed by atoms with Crippen molar-refractivity contribution in [2.24, 2.45) is 5.73 Å². The molecule has 0 aromatic heterocycles. The summed E-state index contributed by atoms with van der Waals surface area (Å²) in [7, 11) is 1.63. The zero-order valence-corrected chi connectivity index (χ0v) is 12.9. The van der Waals surface area contributed by atoms with Crippen molar-refractivity contribution in [3.63, 3.8) is 0 Å². The summed E-state index contributed by atoms with van der Waals surface area (Å²) in [6.07, 6.45) is 1.39. The number of ether oxygens (including phenoxy) is 1. The maximum absolute atomic E-state index is 13.1. The Morgan fingerprint density at radius 2 is 1.85 bits per heavy atom. The lowest BCUT2D eigenvalue weighted by Gasteiger charge is -2.13. The maximum atomic E-state index is 13.1. The van der Waals surface area contributed by atoms with E-state index < -0.39 is 0 Å². The fourth-order valence-corrected chi connectivity index (χ4v) is 2.77. The molecule has 2 rings (SSSR count). The summed E-state index contributed by atoms with van der Waals surface area (Å²) in [6.45, 7) is 0. The van der Waals surface area contributed by atoms with Crippen LogP contribution in [0.4, 0.5) is 4.39 Å². The quantitative estimate of drug-likeness (QED) is 0.902. The summed E-state index contributed by atoms with van der Waals surface area (Å²) < 4.78 is 19.2. The summed E-state index contributed by atoms with van der Waals surface area (Å²) >= 11 is 3.46. The molecule has 0 aliphatic rings. The third-order valence-electron chi connectivity index (χ3n) is 3.10. The van der Waals surface area contributed by atoms with Gasteiger partial charge in [0.05, 0.1) is 11.6 Å². The summed E-state index contributed by atoms with van der Waals surface area (Å²) in [6, 6.07) is 12.4. The molecule has 0 fully saturated rings. The smallest absolute Gasteiger partial charge is 0.133 e. The van der Waals surface area contributed by atoms with Crippen molar-refractivity contribution in [3.05, 3.63) is 63.9 Å². The Morgan fingerprint density at radius 1 is 1.15 bits per heavy atom. The van der Waals surface area contributed by atoms with Crippen molar-refractivity contribution < 1.29 is 9.13 Å². The molecular formula is C16H17BrFNO. The fraction of sp³-hybridized carbons (Fsp3) is 0.250. The number of benzene rings is 2. The third-order valence-corrected chi connectivity index (χ3v) is 3.72. The summed E-state index contributed by atoms with van der Waals surface area (Å²) in [5, 5.41) is 0. The predicted octanol–water partition coefficient (Wildman–Crippen LogP) is 3.71. The first-order valence-electron chi connectivity index (χ1n) is 6.41. The minimum absolute atomic E-state index is 0.0444. The number of halogens is 2. The van der Waals surface area contributed by atoms with Gasteiger partial charge in [-0.15, -0.1) is 0 Å². The van der Waals surface area contributed by atoms with Crippen molar-refractivity contribution in [3.8, 4) is 5.75 Å². The minimum atomic E-state index is -0.220. The van der Waals surface area contributed by atoms with E-state index in [1.54, 1.807) is 13.2 Å². The average Bonchev–Trinajstić information content (AvgIpc) is 2.38. The monoisotopic (exact) mass is 337 g/mol. The van der Waals surface area contributed by atoms with Crippen LogP contribution in [0.3, 0.4) is 0 Å². The molecule has 2 nitrogen and oxygen atoms in total. The van der Waals surface area contributed by atoms with Crippen molar-refractivity contribution >= 4 is 15.9 Å². The largest absolute Gasteiger partial charge is 0.496 e. The van der Waals surface area contributed by atoms with Crippen LogP contribution in [0.2, 0.25) is 0 Å². The first-order chi connectivity index (χ1) is 9.58. The highest BCUT2D eigenvalue weighted by atomic mass is 79.9. The van der Waals surface area contributed by atoms with Crippen LogP contribution in [0, 0.1) is 5.82 Å². The summed E-state index contributed by atoms with van der Waals surface area (Å²) in [4.78, 5) is 0. The second-order valence-corrected chi connectivity index (χ2v) is 5.62. The lowest BCUT2D eigenvalue weighted by molar-refractivity contribution is 0.412. The highest BCUT2D eigenvalue weighted by molar-refractivity contribution is 9.10. The molecular weight excluding hydrogens is 321 g/mol. The topological polar surface area (TPSA) is 35.2 Å². The second-order valence-electron chi connectivity index (χ2n) is 4.77. The average molecular weight is 338 g/mol. The van der Waals surface area contributed by atoms with Gasteiger partial charge in [0.1, 0.15) is 11.6 Å². The zero-order valence-electron chi connectivity index (χ0n) is 11.3. The van der Waals surface area contributed by atoms with Crippen LogP contribution in [0.15, 0.2) is 46.9 Å². The summed E-state index contributed by atoms with van der Waals surface area (Å²) in [5.74, 6) is 0.578. The molecule has 1 unspecified atom stereocenters. The number of nitrogens with two attached hydrogens (primary N) is 1. The predicted molar refractivity (Wildman–Crippen MR) is 82.5 cm³/mol. The van der Waals surface area contributed by atoms with Crippen LogP contribution in [-0.4, -0.2) is 13.2 Å². The molecule has 0 bridgehead atoms. The molecule has 2 N–H and O–H groups in total. The first-order valence-corrected chi connectivity index (χ1v) is 7.20. The van der Waals surface area contributed by atoms with Crippen LogP contribution >= 0.6 is 15.9 Å². The SMILES string of the molecule is COc1ccc(CC(N)Cc2cccc(F)c2)cc1Br. The van der Waals surface area contributed by atoms with E-state index in [0.717, 1.165) is 27.8 Å². The van der Waals surface area contributed by atoms with Gasteiger partial charge in [-0.1, -0.05) is 18.2 Å². The Hall–Kier alpha value is -1.39. The molecule has 0 heterocycles. The van der Waals surface area contributed by atoms with Crippen molar-refractivity contribution in [2.75, 3.05) is 7.11 Å². The molecule has 2 aromatic rings. The number of hydrogen-bond acceptors (Lipinski definition) is 2. The van der Waals surface area contributed by atoms with Gasteiger partial charge in [0.15, 0.2) is 0 Å². The molecule has 0 saturated heterocycles. The number of rotatable bonds is 5. The minimum Gasteiger partial charge on any atom is -0.496 e. The standard InChI is InChI=1S/C16H17BrFNO/c1-20-16-6-5-12(10-15(16)17)9-14(19)8-11-3-2-4-13(18)7-11/h2-7,10,14H,8-9,19H2,1H3. The lowest BCUT2D eigenvalue weighted by atomic mass is 10.00. The van der Waals surface area contributed by atoms with E-state index in [4.69, 9.17) is 10.5 Å². The van der Waals surface area contributed by atoms with Crippen LogP contribution in [0.25, 0.3) is 0 Å². The Morgan fingerprint density at radius 3 is 2.45 bits per heavy atom.